The Morgan fingerprint density at radius 2 is 2.06 bits per heavy atom. The van der Waals surface area contributed by atoms with E-state index < -0.39 is 23.3 Å². The molecule has 1 amide bonds. The van der Waals surface area contributed by atoms with Crippen LogP contribution >= 0.6 is 0 Å². The van der Waals surface area contributed by atoms with Crippen LogP contribution in [-0.4, -0.2) is 28.2 Å². The maximum Gasteiger partial charge on any atom is 0.326 e. The van der Waals surface area contributed by atoms with Crippen LogP contribution in [0.2, 0.25) is 0 Å². The largest absolute Gasteiger partial charge is 0.480 e. The predicted octanol–water partition coefficient (Wildman–Crippen LogP) is 1.21. The van der Waals surface area contributed by atoms with Crippen molar-refractivity contribution < 1.29 is 19.2 Å². The lowest BCUT2D eigenvalue weighted by Crippen LogP contribution is -2.49. The number of aromatic nitrogens is 1. The molecule has 0 bridgehead atoms. The Balaban J connectivity index is 2.82. The topological polar surface area (TPSA) is 92.4 Å². The van der Waals surface area contributed by atoms with E-state index in [1.807, 2.05) is 0 Å². The number of carboxylic acids is 1. The Labute approximate surface area is 99.0 Å². The van der Waals surface area contributed by atoms with Gasteiger partial charge in [0, 0.05) is 6.07 Å². The summed E-state index contributed by atoms with van der Waals surface area (Å²) in [5, 5.41) is 15.0. The number of carboxylic acid groups (broad SMARTS) is 1. The summed E-state index contributed by atoms with van der Waals surface area (Å²) in [7, 11) is 0. The molecule has 1 aromatic heterocycles. The summed E-state index contributed by atoms with van der Waals surface area (Å²) in [4.78, 5) is 22.8. The van der Waals surface area contributed by atoms with Gasteiger partial charge in [0.1, 0.15) is 6.04 Å². The summed E-state index contributed by atoms with van der Waals surface area (Å²) in [6.45, 7) is 6.88. The number of amides is 1. The van der Waals surface area contributed by atoms with Crippen LogP contribution in [0.3, 0.4) is 0 Å². The molecule has 1 heterocycles. The molecule has 0 aliphatic carbocycles. The van der Waals surface area contributed by atoms with E-state index in [9.17, 15) is 9.59 Å². The summed E-state index contributed by atoms with van der Waals surface area (Å²) in [6.07, 6.45) is 0. The highest BCUT2D eigenvalue weighted by molar-refractivity contribution is 5.94. The minimum Gasteiger partial charge on any atom is -0.480 e. The zero-order valence-electron chi connectivity index (χ0n) is 10.3. The predicted molar refractivity (Wildman–Crippen MR) is 59.6 cm³/mol. The number of carbonyl (C=O) groups is 2. The molecule has 0 aliphatic heterocycles. The first kappa shape index (κ1) is 13.2. The maximum absolute atomic E-state index is 11.7. The molecule has 0 unspecified atom stereocenters. The Morgan fingerprint density at radius 1 is 1.47 bits per heavy atom. The summed E-state index contributed by atoms with van der Waals surface area (Å²) < 4.78 is 4.76. The number of nitrogens with one attached hydrogen (secondary N) is 1. The molecule has 1 rings (SSSR count). The third kappa shape index (κ3) is 3.30. The second kappa shape index (κ2) is 4.57. The quantitative estimate of drug-likeness (QED) is 0.828. The van der Waals surface area contributed by atoms with Crippen LogP contribution in [0.5, 0.6) is 0 Å². The average Bonchev–Trinajstić information content (AvgIpc) is 2.58. The van der Waals surface area contributed by atoms with Gasteiger partial charge >= 0.3 is 5.97 Å². The lowest BCUT2D eigenvalue weighted by Gasteiger charge is -2.27. The second-order valence-corrected chi connectivity index (χ2v) is 4.94. The van der Waals surface area contributed by atoms with Crippen molar-refractivity contribution in [3.05, 3.63) is 17.5 Å². The Hall–Kier alpha value is -1.85. The van der Waals surface area contributed by atoms with Crippen LogP contribution in [0.4, 0.5) is 0 Å². The number of rotatable bonds is 3. The SMILES string of the molecule is Cc1cc(C(=O)N[C@H](C(=O)O)C(C)(C)C)on1. The standard InChI is InChI=1S/C11H16N2O4/c1-6-5-7(17-13-6)9(14)12-8(10(15)16)11(2,3)4/h5,8H,1-4H3,(H,12,14)(H,15,16)/t8-/m1/s1. The van der Waals surface area contributed by atoms with Crippen molar-refractivity contribution in [2.75, 3.05) is 0 Å². The molecule has 0 saturated heterocycles. The van der Waals surface area contributed by atoms with E-state index in [4.69, 9.17) is 9.63 Å². The van der Waals surface area contributed by atoms with Crippen molar-refractivity contribution in [2.45, 2.75) is 33.7 Å². The lowest BCUT2D eigenvalue weighted by atomic mass is 9.87. The highest BCUT2D eigenvalue weighted by Gasteiger charge is 2.33. The highest BCUT2D eigenvalue weighted by atomic mass is 16.5. The van der Waals surface area contributed by atoms with E-state index >= 15 is 0 Å². The maximum atomic E-state index is 11.7. The van der Waals surface area contributed by atoms with Gasteiger partial charge in [-0.2, -0.15) is 0 Å². The molecule has 1 aromatic rings. The number of hydrogen-bond donors (Lipinski definition) is 2. The molecular weight excluding hydrogens is 224 g/mol. The molecule has 1 atom stereocenters. The number of carbonyl (C=O) groups excluding carboxylic acids is 1. The van der Waals surface area contributed by atoms with Gasteiger partial charge in [-0.05, 0) is 12.3 Å². The molecule has 6 nitrogen and oxygen atoms in total. The van der Waals surface area contributed by atoms with Crippen molar-refractivity contribution >= 4 is 11.9 Å². The van der Waals surface area contributed by atoms with Crippen molar-refractivity contribution in [2.24, 2.45) is 5.41 Å². The van der Waals surface area contributed by atoms with Crippen molar-refractivity contribution in [1.82, 2.24) is 10.5 Å². The van der Waals surface area contributed by atoms with Crippen LogP contribution in [-0.2, 0) is 4.79 Å². The van der Waals surface area contributed by atoms with E-state index in [1.54, 1.807) is 27.7 Å². The summed E-state index contributed by atoms with van der Waals surface area (Å²) in [6, 6.07) is 0.470. The van der Waals surface area contributed by atoms with Gasteiger partial charge in [0.05, 0.1) is 5.69 Å². The van der Waals surface area contributed by atoms with Crippen molar-refractivity contribution in [1.29, 1.82) is 0 Å². The fourth-order valence-electron chi connectivity index (χ4n) is 1.32. The van der Waals surface area contributed by atoms with Crippen LogP contribution < -0.4 is 5.32 Å². The fourth-order valence-corrected chi connectivity index (χ4v) is 1.32. The van der Waals surface area contributed by atoms with Gasteiger partial charge in [-0.1, -0.05) is 25.9 Å². The molecular formula is C11H16N2O4. The summed E-state index contributed by atoms with van der Waals surface area (Å²) >= 11 is 0. The fraction of sp³-hybridized carbons (Fsp3) is 0.545. The average molecular weight is 240 g/mol. The van der Waals surface area contributed by atoms with Gasteiger partial charge < -0.3 is 14.9 Å². The number of aryl methyl sites for hydroxylation is 1. The van der Waals surface area contributed by atoms with Crippen LogP contribution in [0, 0.1) is 12.3 Å². The molecule has 17 heavy (non-hydrogen) atoms. The monoisotopic (exact) mass is 240 g/mol. The number of hydrogen-bond acceptors (Lipinski definition) is 4. The molecule has 94 valence electrons. The molecule has 0 fully saturated rings. The van der Waals surface area contributed by atoms with Crippen LogP contribution in [0.25, 0.3) is 0 Å². The van der Waals surface area contributed by atoms with E-state index in [0.717, 1.165) is 0 Å². The van der Waals surface area contributed by atoms with Crippen LogP contribution in [0.1, 0.15) is 37.0 Å². The Bertz CT molecular complexity index is 431. The zero-order valence-corrected chi connectivity index (χ0v) is 10.3. The molecule has 0 aliphatic rings. The molecule has 0 aromatic carbocycles. The van der Waals surface area contributed by atoms with E-state index in [2.05, 4.69) is 10.5 Å². The third-order valence-electron chi connectivity index (χ3n) is 2.24. The van der Waals surface area contributed by atoms with E-state index in [1.165, 1.54) is 6.07 Å². The zero-order chi connectivity index (χ0) is 13.2. The summed E-state index contributed by atoms with van der Waals surface area (Å²) in [5.41, 5.74) is -0.0194. The van der Waals surface area contributed by atoms with E-state index in [-0.39, 0.29) is 5.76 Å². The molecule has 0 spiro atoms. The van der Waals surface area contributed by atoms with Gasteiger partial charge in [0.2, 0.25) is 5.76 Å². The molecule has 0 radical (unpaired) electrons. The van der Waals surface area contributed by atoms with Crippen molar-refractivity contribution in [3.8, 4) is 0 Å². The Kier molecular flexibility index (Phi) is 3.55. The Morgan fingerprint density at radius 3 is 2.41 bits per heavy atom. The molecule has 2 N–H and O–H groups in total. The molecule has 6 heteroatoms. The lowest BCUT2D eigenvalue weighted by molar-refractivity contribution is -0.142. The van der Waals surface area contributed by atoms with Gasteiger partial charge in [0.15, 0.2) is 0 Å². The van der Waals surface area contributed by atoms with Gasteiger partial charge in [0.25, 0.3) is 5.91 Å². The van der Waals surface area contributed by atoms with Crippen LogP contribution in [0.15, 0.2) is 10.6 Å². The first-order valence-corrected chi connectivity index (χ1v) is 5.19. The number of nitrogens with zero attached hydrogens (tertiary/aromatic N) is 1. The van der Waals surface area contributed by atoms with Gasteiger partial charge in [-0.25, -0.2) is 4.79 Å². The first-order chi connectivity index (χ1) is 7.71. The smallest absolute Gasteiger partial charge is 0.326 e. The van der Waals surface area contributed by atoms with Gasteiger partial charge in [-0.15, -0.1) is 0 Å². The van der Waals surface area contributed by atoms with Gasteiger partial charge in [-0.3, -0.25) is 4.79 Å². The second-order valence-electron chi connectivity index (χ2n) is 4.94. The third-order valence-corrected chi connectivity index (χ3v) is 2.24. The first-order valence-electron chi connectivity index (χ1n) is 5.19. The van der Waals surface area contributed by atoms with E-state index in [0.29, 0.717) is 5.69 Å². The summed E-state index contributed by atoms with van der Waals surface area (Å²) in [5.74, 6) is -1.65. The molecule has 0 saturated carbocycles. The highest BCUT2D eigenvalue weighted by Crippen LogP contribution is 2.20. The minimum absolute atomic E-state index is 0.0120. The number of aliphatic carboxylic acids is 1. The minimum atomic E-state index is -1.08. The normalized spacial score (nSPS) is 13.2. The van der Waals surface area contributed by atoms with Crippen molar-refractivity contribution in [3.63, 3.8) is 0 Å².